The van der Waals surface area contributed by atoms with Gasteiger partial charge in [-0.3, -0.25) is 9.88 Å². The van der Waals surface area contributed by atoms with Gasteiger partial charge in [-0.1, -0.05) is 29.8 Å². The van der Waals surface area contributed by atoms with Crippen LogP contribution in [0.25, 0.3) is 0 Å². The minimum absolute atomic E-state index is 0.125. The first-order chi connectivity index (χ1) is 18.0. The molecule has 1 aliphatic rings. The van der Waals surface area contributed by atoms with E-state index >= 15 is 0 Å². The normalized spacial score (nSPS) is 18.3. The van der Waals surface area contributed by atoms with Crippen molar-refractivity contribution in [2.45, 2.75) is 24.7 Å². The Morgan fingerprint density at radius 3 is 2.42 bits per heavy atom. The van der Waals surface area contributed by atoms with Crippen LogP contribution in [0.5, 0.6) is 5.75 Å². The van der Waals surface area contributed by atoms with E-state index < -0.39 is 17.5 Å². The molecule has 2 atom stereocenters. The lowest BCUT2D eigenvalue weighted by atomic mass is 9.94. The number of hydrogen-bond acceptors (Lipinski definition) is 6. The third-order valence-corrected chi connectivity index (χ3v) is 6.82. The Labute approximate surface area is 223 Å². The molecule has 0 saturated carbocycles. The fourth-order valence-corrected chi connectivity index (χ4v) is 4.90. The highest BCUT2D eigenvalue weighted by atomic mass is 35.5. The first kappa shape index (κ1) is 28.1. The number of hydrogen-bond donors (Lipinski definition) is 2. The molecule has 4 rings (SSSR count). The smallest absolute Gasteiger partial charge is 0.433 e. The van der Waals surface area contributed by atoms with E-state index in [2.05, 4.69) is 9.88 Å². The summed E-state index contributed by atoms with van der Waals surface area (Å²) in [5.41, 5.74) is -0.630. The molecule has 1 aliphatic heterocycles. The molecular weight excluding hydrogens is 526 g/mol. The number of benzene rings is 2. The fraction of sp³-hybridized carbons (Fsp3) is 0.370. The van der Waals surface area contributed by atoms with Crippen LogP contribution in [0.3, 0.4) is 0 Å². The largest absolute Gasteiger partial charge is 0.491 e. The van der Waals surface area contributed by atoms with Crippen LogP contribution in [0.2, 0.25) is 5.02 Å². The van der Waals surface area contributed by atoms with Gasteiger partial charge in [0.05, 0.1) is 23.4 Å². The Bertz CT molecular complexity index is 1220. The van der Waals surface area contributed by atoms with E-state index in [9.17, 15) is 22.7 Å². The average molecular weight is 554 g/mol. The van der Waals surface area contributed by atoms with Gasteiger partial charge in [0, 0.05) is 44.0 Å². The number of piperazine rings is 1. The van der Waals surface area contributed by atoms with Crippen LogP contribution in [-0.2, 0) is 11.8 Å². The molecule has 1 saturated heterocycles. The first-order valence-corrected chi connectivity index (χ1v) is 12.4. The number of β-amino-alcohol motifs (C(OH)–C–C–N with tert-alkyl or cyclic N) is 1. The van der Waals surface area contributed by atoms with Crippen LogP contribution in [0.15, 0.2) is 60.8 Å². The molecule has 0 bridgehead atoms. The van der Waals surface area contributed by atoms with Crippen LogP contribution in [-0.4, -0.2) is 59.5 Å². The van der Waals surface area contributed by atoms with Gasteiger partial charge < -0.3 is 19.8 Å². The quantitative estimate of drug-likeness (QED) is 0.381. The number of anilines is 1. The van der Waals surface area contributed by atoms with E-state index in [4.69, 9.17) is 21.4 Å². The molecule has 0 spiro atoms. The summed E-state index contributed by atoms with van der Waals surface area (Å²) >= 11 is 6.60. The van der Waals surface area contributed by atoms with Crippen molar-refractivity contribution < 1.29 is 32.5 Å². The number of aliphatic hydroxyl groups excluding tert-OH is 1. The fourth-order valence-electron chi connectivity index (χ4n) is 4.62. The van der Waals surface area contributed by atoms with E-state index in [1.165, 1.54) is 18.2 Å². The monoisotopic (exact) mass is 553 g/mol. The molecule has 2 heterocycles. The average Bonchev–Trinajstić information content (AvgIpc) is 2.87. The number of rotatable bonds is 8. The Morgan fingerprint density at radius 2 is 1.82 bits per heavy atom. The van der Waals surface area contributed by atoms with E-state index in [0.29, 0.717) is 30.4 Å². The maximum absolute atomic E-state index is 13.7. The third-order valence-electron chi connectivity index (χ3n) is 6.52. The van der Waals surface area contributed by atoms with E-state index in [1.807, 2.05) is 11.0 Å². The number of ether oxygens (including phenoxy) is 1. The summed E-state index contributed by atoms with van der Waals surface area (Å²) in [5, 5.41) is 20.6. The number of aromatic nitrogens is 1. The lowest BCUT2D eigenvalue weighted by Gasteiger charge is -2.45. The first-order valence-electron chi connectivity index (χ1n) is 12.0. The second-order valence-corrected chi connectivity index (χ2v) is 9.79. The van der Waals surface area contributed by atoms with Gasteiger partial charge in [-0.05, 0) is 42.8 Å². The molecule has 38 heavy (non-hydrogen) atoms. The zero-order valence-electron chi connectivity index (χ0n) is 20.6. The molecule has 1 fully saturated rings. The second kappa shape index (κ2) is 11.4. The summed E-state index contributed by atoms with van der Waals surface area (Å²) in [5.74, 6) is 0.153. The maximum Gasteiger partial charge on any atom is 0.433 e. The predicted molar refractivity (Wildman–Crippen MR) is 136 cm³/mol. The highest BCUT2D eigenvalue weighted by Crippen LogP contribution is 2.38. The molecule has 0 unspecified atom stereocenters. The van der Waals surface area contributed by atoms with E-state index in [-0.39, 0.29) is 37.2 Å². The highest BCUT2D eigenvalue weighted by Gasteiger charge is 2.36. The van der Waals surface area contributed by atoms with Gasteiger partial charge in [0.15, 0.2) is 0 Å². The number of halogens is 5. The van der Waals surface area contributed by atoms with E-state index in [1.54, 1.807) is 31.2 Å². The molecule has 2 aromatic carbocycles. The van der Waals surface area contributed by atoms with Crippen LogP contribution in [0.4, 0.5) is 23.2 Å². The molecule has 1 aromatic heterocycles. The summed E-state index contributed by atoms with van der Waals surface area (Å²) < 4.78 is 57.9. The topological polar surface area (TPSA) is 69.1 Å². The Kier molecular flexibility index (Phi) is 8.46. The van der Waals surface area contributed by atoms with Gasteiger partial charge in [0.2, 0.25) is 0 Å². The summed E-state index contributed by atoms with van der Waals surface area (Å²) in [6, 6.07) is 13.2. The van der Waals surface area contributed by atoms with Gasteiger partial charge >= 0.3 is 6.18 Å². The van der Waals surface area contributed by atoms with Gasteiger partial charge in [-0.2, -0.15) is 13.2 Å². The van der Waals surface area contributed by atoms with Crippen LogP contribution < -0.4 is 9.64 Å². The molecule has 3 aromatic rings. The van der Waals surface area contributed by atoms with Crippen molar-refractivity contribution in [2.75, 3.05) is 44.3 Å². The molecule has 0 aliphatic carbocycles. The van der Waals surface area contributed by atoms with Crippen molar-refractivity contribution in [1.29, 1.82) is 0 Å². The standard InChI is InChI=1S/C27H28ClF4N3O3/c1-26(37,19-4-9-25(33-15-19)27(30,31)32)17-34-10-11-35(24(16-34)18-2-5-20(29)6-3-18)23-8-7-21(14-22(23)28)38-13-12-36/h2-9,14-15,24,36-37H,10-13,16-17H2,1H3/t24-,26+/m0/s1. The van der Waals surface area contributed by atoms with Crippen molar-refractivity contribution in [3.63, 3.8) is 0 Å². The molecule has 6 nitrogen and oxygen atoms in total. The van der Waals surface area contributed by atoms with Crippen molar-refractivity contribution >= 4 is 17.3 Å². The second-order valence-electron chi connectivity index (χ2n) is 9.38. The molecular formula is C27H28ClF4N3O3. The zero-order chi connectivity index (χ0) is 27.5. The SMILES string of the molecule is C[C@@](O)(CN1CCN(c2ccc(OCCO)cc2Cl)[C@H](c2ccc(F)cc2)C1)c1ccc(C(F)(F)F)nc1. The summed E-state index contributed by atoms with van der Waals surface area (Å²) in [6.07, 6.45) is -3.51. The number of aliphatic hydroxyl groups is 2. The van der Waals surface area contributed by atoms with Gasteiger partial charge in [0.1, 0.15) is 29.5 Å². The summed E-state index contributed by atoms with van der Waals surface area (Å²) in [6.45, 7) is 3.18. The third kappa shape index (κ3) is 6.55. The molecule has 11 heteroatoms. The van der Waals surface area contributed by atoms with Crippen molar-refractivity contribution in [1.82, 2.24) is 9.88 Å². The van der Waals surface area contributed by atoms with E-state index in [0.717, 1.165) is 23.5 Å². The molecule has 2 N–H and O–H groups in total. The molecule has 204 valence electrons. The maximum atomic E-state index is 13.7. The number of alkyl halides is 3. The van der Waals surface area contributed by atoms with Crippen molar-refractivity contribution in [2.24, 2.45) is 0 Å². The minimum atomic E-state index is -4.56. The summed E-state index contributed by atoms with van der Waals surface area (Å²) in [7, 11) is 0. The van der Waals surface area contributed by atoms with Crippen LogP contribution in [0, 0.1) is 5.82 Å². The summed E-state index contributed by atoms with van der Waals surface area (Å²) in [4.78, 5) is 7.58. The van der Waals surface area contributed by atoms with Crippen LogP contribution >= 0.6 is 11.6 Å². The van der Waals surface area contributed by atoms with Crippen molar-refractivity contribution in [3.8, 4) is 5.75 Å². The highest BCUT2D eigenvalue weighted by molar-refractivity contribution is 6.33. The van der Waals surface area contributed by atoms with Gasteiger partial charge in [-0.25, -0.2) is 4.39 Å². The molecule has 0 radical (unpaired) electrons. The lowest BCUT2D eigenvalue weighted by molar-refractivity contribution is -0.141. The number of pyridine rings is 1. The van der Waals surface area contributed by atoms with Crippen LogP contribution in [0.1, 0.15) is 29.8 Å². The minimum Gasteiger partial charge on any atom is -0.491 e. The zero-order valence-corrected chi connectivity index (χ0v) is 21.4. The Balaban J connectivity index is 1.57. The van der Waals surface area contributed by atoms with Gasteiger partial charge in [-0.15, -0.1) is 0 Å². The van der Waals surface area contributed by atoms with Crippen molar-refractivity contribution in [3.05, 3.63) is 88.5 Å². The number of nitrogens with zero attached hydrogens (tertiary/aromatic N) is 3. The Hall–Kier alpha value is -2.92. The predicted octanol–water partition coefficient (Wildman–Crippen LogP) is 5.04. The van der Waals surface area contributed by atoms with Gasteiger partial charge in [0.25, 0.3) is 0 Å². The lowest BCUT2D eigenvalue weighted by Crippen LogP contribution is -2.52. The Morgan fingerprint density at radius 1 is 1.08 bits per heavy atom. The molecule has 0 amide bonds.